The molecule has 0 fully saturated rings. The molecule has 1 heterocycles. The summed E-state index contributed by atoms with van der Waals surface area (Å²) in [5, 5.41) is 2.67. The SMILES string of the molecule is CCc1ccc(C(=O)NCCC(N)=S)o1. The van der Waals surface area contributed by atoms with Crippen LogP contribution >= 0.6 is 12.2 Å². The van der Waals surface area contributed by atoms with Crippen LogP contribution in [0.25, 0.3) is 0 Å². The molecule has 1 aromatic rings. The topological polar surface area (TPSA) is 68.3 Å². The van der Waals surface area contributed by atoms with E-state index in [1.807, 2.05) is 6.92 Å². The summed E-state index contributed by atoms with van der Waals surface area (Å²) in [5.41, 5.74) is 5.30. The molecule has 15 heavy (non-hydrogen) atoms. The molecule has 3 N–H and O–H groups in total. The Kier molecular flexibility index (Phi) is 4.30. The number of rotatable bonds is 5. The third-order valence-corrected chi connectivity index (χ3v) is 2.09. The van der Waals surface area contributed by atoms with Gasteiger partial charge in [-0.3, -0.25) is 4.79 Å². The summed E-state index contributed by atoms with van der Waals surface area (Å²) in [6.45, 7) is 2.41. The van der Waals surface area contributed by atoms with Crippen molar-refractivity contribution in [1.29, 1.82) is 0 Å². The summed E-state index contributed by atoms with van der Waals surface area (Å²) in [6.07, 6.45) is 1.28. The Hall–Kier alpha value is -1.36. The molecule has 0 aliphatic carbocycles. The summed E-state index contributed by atoms with van der Waals surface area (Å²) in [7, 11) is 0. The van der Waals surface area contributed by atoms with Crippen molar-refractivity contribution in [2.24, 2.45) is 5.73 Å². The van der Waals surface area contributed by atoms with Crippen LogP contribution in [0.2, 0.25) is 0 Å². The first-order valence-corrected chi connectivity index (χ1v) is 5.19. The number of carbonyl (C=O) groups excluding carboxylic acids is 1. The maximum atomic E-state index is 11.5. The van der Waals surface area contributed by atoms with Gasteiger partial charge in [-0.1, -0.05) is 19.1 Å². The molecule has 5 heteroatoms. The van der Waals surface area contributed by atoms with E-state index < -0.39 is 0 Å². The van der Waals surface area contributed by atoms with E-state index in [1.54, 1.807) is 12.1 Å². The lowest BCUT2D eigenvalue weighted by atomic mass is 10.3. The van der Waals surface area contributed by atoms with E-state index in [0.717, 1.165) is 12.2 Å². The van der Waals surface area contributed by atoms with Crippen molar-refractivity contribution in [1.82, 2.24) is 5.32 Å². The first-order chi connectivity index (χ1) is 7.13. The number of nitrogens with two attached hydrogens (primary N) is 1. The highest BCUT2D eigenvalue weighted by molar-refractivity contribution is 7.80. The standard InChI is InChI=1S/C10H14N2O2S/c1-2-7-3-4-8(14-7)10(13)12-6-5-9(11)15/h3-4H,2,5-6H2,1H3,(H2,11,15)(H,12,13). The van der Waals surface area contributed by atoms with Gasteiger partial charge in [-0.15, -0.1) is 0 Å². The van der Waals surface area contributed by atoms with Crippen LogP contribution in [-0.2, 0) is 6.42 Å². The second kappa shape index (κ2) is 5.50. The van der Waals surface area contributed by atoms with Crippen LogP contribution in [0, 0.1) is 0 Å². The molecule has 0 saturated carbocycles. The Morgan fingerprint density at radius 1 is 1.60 bits per heavy atom. The third-order valence-electron chi connectivity index (χ3n) is 1.89. The van der Waals surface area contributed by atoms with E-state index in [0.29, 0.717) is 23.7 Å². The van der Waals surface area contributed by atoms with Crippen LogP contribution in [0.3, 0.4) is 0 Å². The molecule has 0 saturated heterocycles. The third kappa shape index (κ3) is 3.71. The van der Waals surface area contributed by atoms with Gasteiger partial charge in [-0.2, -0.15) is 0 Å². The summed E-state index contributed by atoms with van der Waals surface area (Å²) in [4.78, 5) is 11.9. The molecule has 0 bridgehead atoms. The number of amides is 1. The number of carbonyl (C=O) groups is 1. The molecule has 82 valence electrons. The molecule has 4 nitrogen and oxygen atoms in total. The summed E-state index contributed by atoms with van der Waals surface area (Å²) >= 11 is 4.69. The van der Waals surface area contributed by atoms with E-state index in [2.05, 4.69) is 5.32 Å². The molecular formula is C10H14N2O2S. The van der Waals surface area contributed by atoms with Crippen molar-refractivity contribution in [3.05, 3.63) is 23.7 Å². The van der Waals surface area contributed by atoms with Gasteiger partial charge in [0.15, 0.2) is 5.76 Å². The fraction of sp³-hybridized carbons (Fsp3) is 0.400. The largest absolute Gasteiger partial charge is 0.456 e. The van der Waals surface area contributed by atoms with E-state index in [-0.39, 0.29) is 5.91 Å². The van der Waals surface area contributed by atoms with E-state index in [1.165, 1.54) is 0 Å². The number of thiocarbonyl (C=S) groups is 1. The van der Waals surface area contributed by atoms with Crippen molar-refractivity contribution in [2.75, 3.05) is 6.54 Å². The molecule has 0 aliphatic heterocycles. The highest BCUT2D eigenvalue weighted by Gasteiger charge is 2.09. The maximum absolute atomic E-state index is 11.5. The summed E-state index contributed by atoms with van der Waals surface area (Å²) in [5.74, 6) is 0.898. The minimum absolute atomic E-state index is 0.231. The van der Waals surface area contributed by atoms with Crippen LogP contribution in [0.15, 0.2) is 16.5 Å². The second-order valence-electron chi connectivity index (χ2n) is 3.09. The van der Waals surface area contributed by atoms with Crippen molar-refractivity contribution >= 4 is 23.1 Å². The lowest BCUT2D eigenvalue weighted by Gasteiger charge is -2.01. The van der Waals surface area contributed by atoms with Crippen molar-refractivity contribution < 1.29 is 9.21 Å². The monoisotopic (exact) mass is 226 g/mol. The molecule has 1 amide bonds. The Bertz CT molecular complexity index is 360. The highest BCUT2D eigenvalue weighted by atomic mass is 32.1. The average molecular weight is 226 g/mol. The van der Waals surface area contributed by atoms with Crippen molar-refractivity contribution in [2.45, 2.75) is 19.8 Å². The first-order valence-electron chi connectivity index (χ1n) is 4.78. The molecular weight excluding hydrogens is 212 g/mol. The molecule has 1 aromatic heterocycles. The fourth-order valence-corrected chi connectivity index (χ4v) is 1.18. The van der Waals surface area contributed by atoms with Crippen molar-refractivity contribution in [3.8, 4) is 0 Å². The molecule has 0 unspecified atom stereocenters. The van der Waals surface area contributed by atoms with Crippen LogP contribution in [0.1, 0.15) is 29.7 Å². The predicted octanol–water partition coefficient (Wildman–Crippen LogP) is 1.25. The van der Waals surface area contributed by atoms with E-state index >= 15 is 0 Å². The van der Waals surface area contributed by atoms with Gasteiger partial charge in [-0.25, -0.2) is 0 Å². The minimum atomic E-state index is -0.231. The Morgan fingerprint density at radius 2 is 2.33 bits per heavy atom. The summed E-state index contributed by atoms with van der Waals surface area (Å²) in [6, 6.07) is 3.46. The van der Waals surface area contributed by atoms with E-state index in [9.17, 15) is 4.79 Å². The molecule has 0 aliphatic rings. The van der Waals surface area contributed by atoms with Gasteiger partial charge in [0, 0.05) is 19.4 Å². The van der Waals surface area contributed by atoms with Crippen LogP contribution in [-0.4, -0.2) is 17.4 Å². The van der Waals surface area contributed by atoms with Crippen LogP contribution < -0.4 is 11.1 Å². The Labute approximate surface area is 93.8 Å². The lowest BCUT2D eigenvalue weighted by molar-refractivity contribution is 0.0925. The first kappa shape index (κ1) is 11.7. The van der Waals surface area contributed by atoms with Gasteiger partial charge in [-0.05, 0) is 12.1 Å². The Balaban J connectivity index is 2.43. The van der Waals surface area contributed by atoms with Crippen molar-refractivity contribution in [3.63, 3.8) is 0 Å². The predicted molar refractivity (Wildman–Crippen MR) is 61.8 cm³/mol. The second-order valence-corrected chi connectivity index (χ2v) is 3.62. The highest BCUT2D eigenvalue weighted by Crippen LogP contribution is 2.07. The zero-order valence-electron chi connectivity index (χ0n) is 8.58. The number of hydrogen-bond donors (Lipinski definition) is 2. The molecule has 0 aromatic carbocycles. The number of furan rings is 1. The zero-order chi connectivity index (χ0) is 11.3. The van der Waals surface area contributed by atoms with Gasteiger partial charge in [0.25, 0.3) is 5.91 Å². The number of aryl methyl sites for hydroxylation is 1. The minimum Gasteiger partial charge on any atom is -0.456 e. The van der Waals surface area contributed by atoms with Gasteiger partial charge >= 0.3 is 0 Å². The average Bonchev–Trinajstić information content (AvgIpc) is 2.65. The molecule has 0 spiro atoms. The quantitative estimate of drug-likeness (QED) is 0.741. The normalized spacial score (nSPS) is 9.93. The smallest absolute Gasteiger partial charge is 0.287 e. The molecule has 1 rings (SSSR count). The van der Waals surface area contributed by atoms with Gasteiger partial charge in [0.1, 0.15) is 5.76 Å². The number of hydrogen-bond acceptors (Lipinski definition) is 3. The molecule has 0 radical (unpaired) electrons. The molecule has 0 atom stereocenters. The van der Waals surface area contributed by atoms with Crippen LogP contribution in [0.4, 0.5) is 0 Å². The fourth-order valence-electron chi connectivity index (χ4n) is 1.08. The summed E-state index contributed by atoms with van der Waals surface area (Å²) < 4.78 is 5.28. The maximum Gasteiger partial charge on any atom is 0.287 e. The van der Waals surface area contributed by atoms with Gasteiger partial charge < -0.3 is 15.5 Å². The van der Waals surface area contributed by atoms with Gasteiger partial charge in [0.2, 0.25) is 0 Å². The number of nitrogens with one attached hydrogen (secondary N) is 1. The lowest BCUT2D eigenvalue weighted by Crippen LogP contribution is -2.26. The van der Waals surface area contributed by atoms with Gasteiger partial charge in [0.05, 0.1) is 4.99 Å². The Morgan fingerprint density at radius 3 is 2.87 bits per heavy atom. The van der Waals surface area contributed by atoms with E-state index in [4.69, 9.17) is 22.4 Å². The van der Waals surface area contributed by atoms with Crippen LogP contribution in [0.5, 0.6) is 0 Å². The zero-order valence-corrected chi connectivity index (χ0v) is 9.39.